The van der Waals surface area contributed by atoms with Crippen molar-refractivity contribution in [2.75, 3.05) is 0 Å². The van der Waals surface area contributed by atoms with E-state index in [1.807, 2.05) is 0 Å². The topological polar surface area (TPSA) is 143 Å². The molecule has 0 bridgehead atoms. The van der Waals surface area contributed by atoms with Crippen molar-refractivity contribution < 1.29 is 35.2 Å². The summed E-state index contributed by atoms with van der Waals surface area (Å²) in [6.07, 6.45) is 0. The molecule has 0 heterocycles. The van der Waals surface area contributed by atoms with E-state index in [4.69, 9.17) is 29.7 Å². The number of carboxylic acids is 3. The fourth-order valence-corrected chi connectivity index (χ4v) is 0. The zero-order valence-electron chi connectivity index (χ0n) is 8.07. The Hall–Kier alpha value is -0.708. The van der Waals surface area contributed by atoms with Gasteiger partial charge in [-0.3, -0.25) is 14.4 Å². The van der Waals surface area contributed by atoms with Crippen LogP contribution in [0.5, 0.6) is 0 Å². The molecule has 0 atom stereocenters. The smallest absolute Gasteiger partial charge is 0.300 e. The van der Waals surface area contributed by atoms with Crippen molar-refractivity contribution in [1.29, 1.82) is 0 Å². The van der Waals surface area contributed by atoms with E-state index in [1.54, 1.807) is 0 Å². The number of rotatable bonds is 0. The van der Waals surface area contributed by atoms with Gasteiger partial charge in [-0.15, -0.1) is 0 Å². The monoisotopic (exact) mass is 406 g/mol. The van der Waals surface area contributed by atoms with Crippen LogP contribution in [0, 0.1) is 0 Å². The predicted octanol–water partition coefficient (Wildman–Crippen LogP) is -0.933. The Bertz CT molecular complexity index is 116. The van der Waals surface area contributed by atoms with Gasteiger partial charge in [0.25, 0.3) is 17.9 Å². The van der Waals surface area contributed by atoms with E-state index < -0.39 is 17.9 Å². The first-order valence-corrected chi connectivity index (χ1v) is 2.78. The fraction of sp³-hybridized carbons (Fsp3) is 0.500. The Morgan fingerprint density at radius 3 is 0.714 bits per heavy atom. The van der Waals surface area contributed by atoms with Crippen LogP contribution >= 0.6 is 0 Å². The van der Waals surface area contributed by atoms with Crippen molar-refractivity contribution in [3.8, 4) is 0 Å². The van der Waals surface area contributed by atoms with Gasteiger partial charge in [0.15, 0.2) is 0 Å². The van der Waals surface area contributed by atoms with Crippen LogP contribution in [0.2, 0.25) is 0 Å². The fourth-order valence-electron chi connectivity index (χ4n) is 0. The second kappa shape index (κ2) is 22.8. The molecule has 7 nitrogen and oxygen atoms in total. The van der Waals surface area contributed by atoms with Gasteiger partial charge in [0.1, 0.15) is 0 Å². The third-order valence-corrected chi connectivity index (χ3v) is 0. The molecule has 0 aliphatic carbocycles. The number of hydrogen-bond donors (Lipinski definition) is 3. The van der Waals surface area contributed by atoms with Gasteiger partial charge in [0.2, 0.25) is 0 Å². The van der Waals surface area contributed by atoms with Crippen LogP contribution in [0.4, 0.5) is 0 Å². The Labute approximate surface area is 101 Å². The first-order valence-electron chi connectivity index (χ1n) is 2.78. The normalized spacial score (nSPS) is 5.36. The van der Waals surface area contributed by atoms with E-state index >= 15 is 0 Å². The molecule has 0 aliphatic rings. The van der Waals surface area contributed by atoms with Gasteiger partial charge in [-0.05, 0) is 0 Å². The van der Waals surface area contributed by atoms with E-state index in [-0.39, 0.29) is 32.8 Å². The summed E-state index contributed by atoms with van der Waals surface area (Å²) in [5.74, 6) is -2.50. The predicted molar refractivity (Wildman–Crippen MR) is 49.3 cm³/mol. The maximum atomic E-state index is 9.00. The summed E-state index contributed by atoms with van der Waals surface area (Å²) < 4.78 is 0. The third kappa shape index (κ3) is 2390. The first kappa shape index (κ1) is 29.2. The van der Waals surface area contributed by atoms with Gasteiger partial charge in [-0.2, -0.15) is 0 Å². The van der Waals surface area contributed by atoms with Crippen LogP contribution in [0.3, 0.4) is 0 Å². The Balaban J connectivity index is -0.0000000270. The summed E-state index contributed by atoms with van der Waals surface area (Å²) in [7, 11) is 0. The Morgan fingerprint density at radius 2 is 0.714 bits per heavy atom. The van der Waals surface area contributed by atoms with Gasteiger partial charge in [-0.1, -0.05) is 0 Å². The summed E-state index contributed by atoms with van der Waals surface area (Å²) in [6.45, 7) is 3.25. The minimum absolute atomic E-state index is 0. The van der Waals surface area contributed by atoms with Gasteiger partial charge in [0.05, 0.1) is 0 Å². The quantitative estimate of drug-likeness (QED) is 0.444. The molecule has 4 radical (unpaired) electrons. The number of carbonyl (C=O) groups is 3. The molecule has 0 rings (SSSR count). The third-order valence-electron chi connectivity index (χ3n) is 0. The second-order valence-corrected chi connectivity index (χ2v) is 1.56. The van der Waals surface area contributed by atoms with Crippen molar-refractivity contribution in [1.82, 2.24) is 0 Å². The molecule has 84 valence electrons. The molecule has 0 saturated carbocycles. The molecule has 0 aromatic carbocycles. The molecule has 5 N–H and O–H groups in total. The van der Waals surface area contributed by atoms with Gasteiger partial charge in [-0.25, -0.2) is 0 Å². The molecule has 0 amide bonds. The van der Waals surface area contributed by atoms with Crippen molar-refractivity contribution in [2.24, 2.45) is 0 Å². The molecule has 0 saturated heterocycles. The molecule has 0 aliphatic heterocycles. The average molecular weight is 405 g/mol. The first-order chi connectivity index (χ1) is 5.20. The van der Waals surface area contributed by atoms with Crippen LogP contribution in [0.25, 0.3) is 0 Å². The van der Waals surface area contributed by atoms with Crippen LogP contribution in [0.1, 0.15) is 20.8 Å². The molecule has 0 aromatic rings. The number of carboxylic acid groups (broad SMARTS) is 3. The van der Waals surface area contributed by atoms with E-state index in [2.05, 4.69) is 0 Å². The molecule has 14 heavy (non-hydrogen) atoms. The van der Waals surface area contributed by atoms with E-state index in [0.717, 1.165) is 20.8 Å². The van der Waals surface area contributed by atoms with Crippen molar-refractivity contribution >= 4 is 45.2 Å². The summed E-state index contributed by atoms with van der Waals surface area (Å²) in [4.78, 5) is 27.0. The van der Waals surface area contributed by atoms with Gasteiger partial charge < -0.3 is 20.8 Å². The molecule has 0 spiro atoms. The minimum Gasteiger partial charge on any atom is -0.481 e. The largest absolute Gasteiger partial charge is 0.481 e. The molecular formula is C6H14O7Pb. The van der Waals surface area contributed by atoms with Crippen molar-refractivity contribution in [2.45, 2.75) is 20.8 Å². The number of hydrogen-bond acceptors (Lipinski definition) is 3. The standard InChI is InChI=1S/3C2H4O2.H2O.Pb/c3*1-2(3)4;;/h3*1H3,(H,3,4);1H2;. The Kier molecular flexibility index (Phi) is 47.6. The summed E-state index contributed by atoms with van der Waals surface area (Å²) in [5.41, 5.74) is 0. The molecular weight excluding hydrogens is 391 g/mol. The summed E-state index contributed by atoms with van der Waals surface area (Å²) >= 11 is 0. The van der Waals surface area contributed by atoms with Crippen LogP contribution in [-0.4, -0.2) is 66.0 Å². The molecule has 0 aromatic heterocycles. The zero-order valence-corrected chi connectivity index (χ0v) is 12.0. The Morgan fingerprint density at radius 1 is 0.714 bits per heavy atom. The SMILES string of the molecule is CC(=O)O.CC(=O)O.CC(=O)O.O.[Pb]. The van der Waals surface area contributed by atoms with Crippen LogP contribution in [0.15, 0.2) is 0 Å². The molecule has 0 fully saturated rings. The van der Waals surface area contributed by atoms with Crippen LogP contribution < -0.4 is 0 Å². The van der Waals surface area contributed by atoms with Crippen LogP contribution in [-0.2, 0) is 14.4 Å². The molecule has 8 heteroatoms. The minimum atomic E-state index is -0.833. The summed E-state index contributed by atoms with van der Waals surface area (Å²) in [6, 6.07) is 0. The zero-order chi connectivity index (χ0) is 10.7. The average Bonchev–Trinajstić information content (AvgIpc) is 1.54. The van der Waals surface area contributed by atoms with E-state index in [0.29, 0.717) is 0 Å². The van der Waals surface area contributed by atoms with Crippen molar-refractivity contribution in [3.63, 3.8) is 0 Å². The van der Waals surface area contributed by atoms with E-state index in [1.165, 1.54) is 0 Å². The summed E-state index contributed by atoms with van der Waals surface area (Å²) in [5, 5.41) is 22.2. The second-order valence-electron chi connectivity index (χ2n) is 1.56. The number of aliphatic carboxylic acids is 3. The van der Waals surface area contributed by atoms with Gasteiger partial charge in [0, 0.05) is 48.1 Å². The maximum Gasteiger partial charge on any atom is 0.300 e. The van der Waals surface area contributed by atoms with Crippen molar-refractivity contribution in [3.05, 3.63) is 0 Å². The maximum absolute atomic E-state index is 9.00. The molecule has 0 unspecified atom stereocenters. The van der Waals surface area contributed by atoms with Gasteiger partial charge >= 0.3 is 0 Å². The van der Waals surface area contributed by atoms with E-state index in [9.17, 15) is 0 Å².